The summed E-state index contributed by atoms with van der Waals surface area (Å²) in [4.78, 5) is 8.77. The van der Waals surface area contributed by atoms with E-state index in [0.717, 1.165) is 5.92 Å². The van der Waals surface area contributed by atoms with Crippen LogP contribution in [0.3, 0.4) is 0 Å². The molecule has 0 aromatic heterocycles. The zero-order valence-corrected chi connectivity index (χ0v) is 11.8. The molecular formula is C14H27ClO2. The first kappa shape index (κ1) is 16.8. The van der Waals surface area contributed by atoms with Crippen molar-refractivity contribution in [3.63, 3.8) is 0 Å². The van der Waals surface area contributed by atoms with Gasteiger partial charge >= 0.3 is 5.43 Å². The molecule has 0 spiro atoms. The van der Waals surface area contributed by atoms with Gasteiger partial charge in [-0.25, -0.2) is 4.79 Å². The molecule has 1 fully saturated rings. The van der Waals surface area contributed by atoms with E-state index in [4.69, 9.17) is 9.90 Å². The molecule has 0 bridgehead atoms. The highest BCUT2D eigenvalue weighted by molar-refractivity contribution is 6.60. The lowest BCUT2D eigenvalue weighted by Crippen LogP contribution is -2.05. The molecule has 0 unspecified atom stereocenters. The van der Waals surface area contributed by atoms with E-state index in [2.05, 4.69) is 18.5 Å². The number of carbonyl (C=O) groups is 1. The molecule has 1 rings (SSSR count). The zero-order valence-electron chi connectivity index (χ0n) is 11.1. The first-order valence-electron chi connectivity index (χ1n) is 7.05. The Bertz CT molecular complexity index is 173. The second kappa shape index (κ2) is 12.2. The predicted molar refractivity (Wildman–Crippen MR) is 73.8 cm³/mol. The summed E-state index contributed by atoms with van der Waals surface area (Å²) in [6.45, 7) is 2.29. The number of carboxylic acid groups (broad SMARTS) is 1. The Morgan fingerprint density at radius 2 is 1.65 bits per heavy atom. The Morgan fingerprint density at radius 3 is 2.18 bits per heavy atom. The molecule has 3 heteroatoms. The van der Waals surface area contributed by atoms with Gasteiger partial charge in [-0.05, 0) is 5.92 Å². The van der Waals surface area contributed by atoms with E-state index in [9.17, 15) is 0 Å². The summed E-state index contributed by atoms with van der Waals surface area (Å²) in [7, 11) is 0. The van der Waals surface area contributed by atoms with Crippen molar-refractivity contribution in [2.75, 3.05) is 0 Å². The van der Waals surface area contributed by atoms with Gasteiger partial charge in [0, 0.05) is 11.6 Å². The molecule has 0 amide bonds. The van der Waals surface area contributed by atoms with E-state index in [-0.39, 0.29) is 0 Å². The SMILES string of the molecule is CCCCCCCC1CCCCC1.O=C(O)Cl. The van der Waals surface area contributed by atoms with Gasteiger partial charge in [0.25, 0.3) is 0 Å². The molecule has 1 aliphatic carbocycles. The Balaban J connectivity index is 0.000000557. The van der Waals surface area contributed by atoms with Gasteiger partial charge < -0.3 is 5.11 Å². The van der Waals surface area contributed by atoms with Gasteiger partial charge in [0.2, 0.25) is 0 Å². The van der Waals surface area contributed by atoms with Crippen molar-refractivity contribution in [3.8, 4) is 0 Å². The van der Waals surface area contributed by atoms with E-state index >= 15 is 0 Å². The van der Waals surface area contributed by atoms with Crippen molar-refractivity contribution < 1.29 is 9.90 Å². The molecule has 0 atom stereocenters. The average Bonchev–Trinajstić information content (AvgIpc) is 2.29. The standard InChI is InChI=1S/C13H26.CHClO2/c1-2-3-4-5-7-10-13-11-8-6-9-12-13;2-1(3)4/h13H,2-12H2,1H3;(H,3,4). The van der Waals surface area contributed by atoms with E-state index in [1.54, 1.807) is 0 Å². The molecule has 1 saturated carbocycles. The van der Waals surface area contributed by atoms with E-state index in [1.807, 2.05) is 0 Å². The van der Waals surface area contributed by atoms with Crippen LogP contribution in [0.2, 0.25) is 0 Å². The smallest absolute Gasteiger partial charge is 0.401 e. The van der Waals surface area contributed by atoms with Crippen LogP contribution < -0.4 is 0 Å². The molecule has 0 aromatic rings. The Hall–Kier alpha value is -0.240. The molecule has 1 aliphatic rings. The van der Waals surface area contributed by atoms with Crippen LogP contribution in [-0.2, 0) is 0 Å². The van der Waals surface area contributed by atoms with Crippen LogP contribution in [0.1, 0.15) is 77.6 Å². The van der Waals surface area contributed by atoms with Crippen molar-refractivity contribution in [2.45, 2.75) is 77.6 Å². The molecule has 0 heterocycles. The third-order valence-corrected chi connectivity index (χ3v) is 3.44. The van der Waals surface area contributed by atoms with E-state index in [1.165, 1.54) is 70.6 Å². The monoisotopic (exact) mass is 262 g/mol. The Labute approximate surface area is 111 Å². The molecule has 17 heavy (non-hydrogen) atoms. The second-order valence-corrected chi connectivity index (χ2v) is 5.28. The molecule has 1 N–H and O–H groups in total. The maximum atomic E-state index is 8.77. The van der Waals surface area contributed by atoms with Gasteiger partial charge in [0.15, 0.2) is 0 Å². The summed E-state index contributed by atoms with van der Waals surface area (Å²) in [5, 5.41) is 7.18. The lowest BCUT2D eigenvalue weighted by Gasteiger charge is -2.21. The van der Waals surface area contributed by atoms with Crippen molar-refractivity contribution in [1.29, 1.82) is 0 Å². The van der Waals surface area contributed by atoms with Crippen LogP contribution in [0.5, 0.6) is 0 Å². The van der Waals surface area contributed by atoms with Crippen molar-refractivity contribution in [1.82, 2.24) is 0 Å². The van der Waals surface area contributed by atoms with Crippen molar-refractivity contribution in [2.24, 2.45) is 5.92 Å². The molecule has 2 nitrogen and oxygen atoms in total. The van der Waals surface area contributed by atoms with Gasteiger partial charge in [-0.1, -0.05) is 77.6 Å². The first-order valence-corrected chi connectivity index (χ1v) is 7.43. The van der Waals surface area contributed by atoms with Crippen LogP contribution in [0.4, 0.5) is 4.79 Å². The fraction of sp³-hybridized carbons (Fsp3) is 0.929. The Kier molecular flexibility index (Phi) is 12.1. The van der Waals surface area contributed by atoms with Gasteiger partial charge in [-0.15, -0.1) is 0 Å². The van der Waals surface area contributed by atoms with Gasteiger partial charge in [-0.3, -0.25) is 0 Å². The minimum atomic E-state index is -1.36. The molecule has 0 saturated heterocycles. The molecule has 102 valence electrons. The van der Waals surface area contributed by atoms with Gasteiger partial charge in [0.1, 0.15) is 0 Å². The van der Waals surface area contributed by atoms with Crippen LogP contribution in [0.15, 0.2) is 0 Å². The molecule has 0 aromatic carbocycles. The average molecular weight is 263 g/mol. The lowest BCUT2D eigenvalue weighted by molar-refractivity contribution is 0.220. The third-order valence-electron chi connectivity index (χ3n) is 3.44. The van der Waals surface area contributed by atoms with Crippen LogP contribution in [0, 0.1) is 5.92 Å². The van der Waals surface area contributed by atoms with Crippen molar-refractivity contribution in [3.05, 3.63) is 0 Å². The largest absolute Gasteiger partial charge is 0.469 e. The third kappa shape index (κ3) is 13.7. The fourth-order valence-electron chi connectivity index (χ4n) is 2.51. The molecular weight excluding hydrogens is 236 g/mol. The van der Waals surface area contributed by atoms with Crippen LogP contribution in [-0.4, -0.2) is 10.5 Å². The summed E-state index contributed by atoms with van der Waals surface area (Å²) < 4.78 is 0. The van der Waals surface area contributed by atoms with E-state index in [0.29, 0.717) is 0 Å². The lowest BCUT2D eigenvalue weighted by atomic mass is 9.85. The zero-order chi connectivity index (χ0) is 12.9. The topological polar surface area (TPSA) is 37.3 Å². The highest BCUT2D eigenvalue weighted by Crippen LogP contribution is 2.27. The van der Waals surface area contributed by atoms with Gasteiger partial charge in [0.05, 0.1) is 0 Å². The first-order chi connectivity index (χ1) is 8.16. The maximum Gasteiger partial charge on any atom is 0.401 e. The quantitative estimate of drug-likeness (QED) is 0.483. The summed E-state index contributed by atoms with van der Waals surface area (Å²) >= 11 is 4.19. The normalized spacial score (nSPS) is 16.1. The summed E-state index contributed by atoms with van der Waals surface area (Å²) in [5.41, 5.74) is -1.36. The number of hydrogen-bond acceptors (Lipinski definition) is 1. The Morgan fingerprint density at radius 1 is 1.12 bits per heavy atom. The molecule has 0 aliphatic heterocycles. The predicted octanol–water partition coefficient (Wildman–Crippen LogP) is 5.83. The maximum absolute atomic E-state index is 8.77. The highest BCUT2D eigenvalue weighted by atomic mass is 35.5. The summed E-state index contributed by atoms with van der Waals surface area (Å²) in [6.07, 6.45) is 16.4. The fourth-order valence-corrected chi connectivity index (χ4v) is 2.51. The minimum absolute atomic E-state index is 1.11. The second-order valence-electron chi connectivity index (χ2n) is 4.96. The number of rotatable bonds is 6. The number of unbranched alkanes of at least 4 members (excludes halogenated alkanes) is 4. The van der Waals surface area contributed by atoms with Gasteiger partial charge in [-0.2, -0.15) is 0 Å². The van der Waals surface area contributed by atoms with E-state index < -0.39 is 5.43 Å². The van der Waals surface area contributed by atoms with Crippen LogP contribution in [0.25, 0.3) is 0 Å². The molecule has 0 radical (unpaired) electrons. The minimum Gasteiger partial charge on any atom is -0.469 e. The van der Waals surface area contributed by atoms with Crippen molar-refractivity contribution >= 4 is 17.0 Å². The number of halogens is 1. The van der Waals surface area contributed by atoms with Crippen LogP contribution >= 0.6 is 11.6 Å². The summed E-state index contributed by atoms with van der Waals surface area (Å²) in [5.74, 6) is 1.11. The number of hydrogen-bond donors (Lipinski definition) is 1. The highest BCUT2D eigenvalue weighted by Gasteiger charge is 2.12. The summed E-state index contributed by atoms with van der Waals surface area (Å²) in [6, 6.07) is 0.